The van der Waals surface area contributed by atoms with Gasteiger partial charge >= 0.3 is 0 Å². The maximum Gasteiger partial charge on any atom is 0.169 e. The second-order valence-electron chi connectivity index (χ2n) is 8.68. The van der Waals surface area contributed by atoms with E-state index in [1.54, 1.807) is 6.08 Å². The molecule has 6 heteroatoms. The van der Waals surface area contributed by atoms with Gasteiger partial charge in [-0.05, 0) is 41.3 Å². The fourth-order valence-corrected chi connectivity index (χ4v) is 3.76. The summed E-state index contributed by atoms with van der Waals surface area (Å²) in [5, 5.41) is 12.1. The van der Waals surface area contributed by atoms with Gasteiger partial charge in [-0.25, -0.2) is 9.37 Å². The number of hydrogen-bond acceptors (Lipinski definition) is 5. The van der Waals surface area contributed by atoms with Crippen LogP contribution in [0, 0.1) is 17.7 Å². The van der Waals surface area contributed by atoms with Crippen molar-refractivity contribution >= 4 is 22.8 Å². The van der Waals surface area contributed by atoms with E-state index in [2.05, 4.69) is 49.6 Å². The molecule has 38 heavy (non-hydrogen) atoms. The van der Waals surface area contributed by atoms with Crippen molar-refractivity contribution < 1.29 is 9.50 Å². The molecular weight excluding hydrogens is 475 g/mol. The molecule has 1 aliphatic heterocycles. The number of nitrogens with one attached hydrogen (secondary N) is 1. The van der Waals surface area contributed by atoms with Crippen molar-refractivity contribution in [2.45, 2.75) is 81.1 Å². The number of anilines is 2. The molecule has 3 rings (SSSR count). The molecule has 2 heterocycles. The van der Waals surface area contributed by atoms with Crippen LogP contribution in [0.1, 0.15) is 86.6 Å². The first-order valence-electron chi connectivity index (χ1n) is 13.9. The molecule has 0 spiro atoms. The van der Waals surface area contributed by atoms with E-state index >= 15 is 0 Å². The van der Waals surface area contributed by atoms with Gasteiger partial charge in [-0.2, -0.15) is 0 Å². The molecule has 0 saturated heterocycles. The van der Waals surface area contributed by atoms with Crippen molar-refractivity contribution in [3.8, 4) is 5.75 Å². The van der Waals surface area contributed by atoms with Gasteiger partial charge < -0.3 is 16.2 Å². The molecule has 1 aromatic carbocycles. The maximum absolute atomic E-state index is 13.8. The van der Waals surface area contributed by atoms with Crippen molar-refractivity contribution in [2.75, 3.05) is 5.32 Å². The Morgan fingerprint density at radius 3 is 2.21 bits per heavy atom. The fraction of sp³-hybridized carbons (Fsp3) is 0.438. The first-order chi connectivity index (χ1) is 18.2. The van der Waals surface area contributed by atoms with E-state index in [0.29, 0.717) is 11.4 Å². The van der Waals surface area contributed by atoms with Crippen molar-refractivity contribution in [3.63, 3.8) is 0 Å². The van der Waals surface area contributed by atoms with Gasteiger partial charge in [0.25, 0.3) is 0 Å². The van der Waals surface area contributed by atoms with Crippen LogP contribution in [0.3, 0.4) is 0 Å². The number of allylic oxidation sites excluding steroid dienone is 3. The van der Waals surface area contributed by atoms with Gasteiger partial charge in [-0.3, -0.25) is 4.99 Å². The van der Waals surface area contributed by atoms with Crippen LogP contribution in [0.2, 0.25) is 0 Å². The molecule has 0 saturated carbocycles. The maximum atomic E-state index is 13.8. The molecule has 2 aromatic rings. The average molecular weight is 525 g/mol. The molecule has 5 nitrogen and oxygen atoms in total. The van der Waals surface area contributed by atoms with Gasteiger partial charge in [0.1, 0.15) is 5.75 Å². The Hall–Kier alpha value is -3.41. The number of pyridine rings is 1. The first kappa shape index (κ1) is 34.6. The second-order valence-corrected chi connectivity index (χ2v) is 8.68. The van der Waals surface area contributed by atoms with Gasteiger partial charge in [0.05, 0.1) is 6.20 Å². The van der Waals surface area contributed by atoms with E-state index in [1.165, 1.54) is 31.9 Å². The highest BCUT2D eigenvalue weighted by atomic mass is 19.1. The molecule has 0 amide bonds. The van der Waals surface area contributed by atoms with Crippen LogP contribution >= 0.6 is 0 Å². The van der Waals surface area contributed by atoms with Crippen LogP contribution in [0.15, 0.2) is 72.1 Å². The summed E-state index contributed by atoms with van der Waals surface area (Å²) in [7, 11) is 0. The topological polar surface area (TPSA) is 83.5 Å². The molecule has 1 aromatic heterocycles. The number of nitrogens with zero attached hydrogens (tertiary/aromatic N) is 2. The summed E-state index contributed by atoms with van der Waals surface area (Å²) in [6.45, 7) is 20.6. The Labute approximate surface area is 230 Å². The molecule has 0 aliphatic carbocycles. The number of benzene rings is 1. The molecule has 0 fully saturated rings. The van der Waals surface area contributed by atoms with E-state index in [-0.39, 0.29) is 17.5 Å². The number of aromatic hydroxyl groups is 1. The lowest BCUT2D eigenvalue weighted by molar-refractivity contribution is 0.466. The lowest BCUT2D eigenvalue weighted by Crippen LogP contribution is -2.06. The fourth-order valence-electron chi connectivity index (χ4n) is 3.76. The SMILES string of the molecule is C=C(N)/C=C\C1=NC=C(c2ccc(Nc3ncc(O)cc3F)cc2)C1C.CC.CC.CCCC(C)CCC. The quantitative estimate of drug-likeness (QED) is 0.285. The highest BCUT2D eigenvalue weighted by molar-refractivity contribution is 6.07. The zero-order chi connectivity index (χ0) is 29.1. The Morgan fingerprint density at radius 1 is 1.13 bits per heavy atom. The minimum absolute atomic E-state index is 0.0572. The molecule has 1 unspecified atom stereocenters. The number of aliphatic imine (C=N–C) groups is 1. The minimum atomic E-state index is -0.618. The van der Waals surface area contributed by atoms with Gasteiger partial charge in [0.15, 0.2) is 11.6 Å². The van der Waals surface area contributed by atoms with E-state index in [4.69, 9.17) is 5.73 Å². The van der Waals surface area contributed by atoms with Gasteiger partial charge in [0, 0.05) is 35.3 Å². The summed E-state index contributed by atoms with van der Waals surface area (Å²) in [6, 6.07) is 8.57. The molecule has 1 aliphatic rings. The van der Waals surface area contributed by atoms with Crippen molar-refractivity contribution in [1.29, 1.82) is 0 Å². The summed E-state index contributed by atoms with van der Waals surface area (Å²) in [6.07, 6.45) is 12.1. The number of nitrogens with two attached hydrogens (primary N) is 1. The third-order valence-corrected chi connectivity index (χ3v) is 5.60. The monoisotopic (exact) mass is 524 g/mol. The van der Waals surface area contributed by atoms with Crippen molar-refractivity contribution in [3.05, 3.63) is 78.5 Å². The second kappa shape index (κ2) is 19.7. The summed E-state index contributed by atoms with van der Waals surface area (Å²) in [5.41, 5.74) is 9.77. The Bertz CT molecular complexity index is 1040. The Morgan fingerprint density at radius 2 is 1.71 bits per heavy atom. The van der Waals surface area contributed by atoms with Crippen molar-refractivity contribution in [1.82, 2.24) is 4.98 Å². The van der Waals surface area contributed by atoms with Gasteiger partial charge in [-0.15, -0.1) is 0 Å². The molecule has 4 N–H and O–H groups in total. The highest BCUT2D eigenvalue weighted by Gasteiger charge is 2.20. The van der Waals surface area contributed by atoms with E-state index in [9.17, 15) is 9.50 Å². The lowest BCUT2D eigenvalue weighted by Gasteiger charge is -2.12. The summed E-state index contributed by atoms with van der Waals surface area (Å²) in [4.78, 5) is 8.27. The lowest BCUT2D eigenvalue weighted by atomic mass is 9.92. The summed E-state index contributed by atoms with van der Waals surface area (Å²) in [5.74, 6) is 0.327. The third-order valence-electron chi connectivity index (χ3n) is 5.60. The third kappa shape index (κ3) is 12.2. The smallest absolute Gasteiger partial charge is 0.169 e. The van der Waals surface area contributed by atoms with Crippen molar-refractivity contribution in [2.24, 2.45) is 22.6 Å². The number of rotatable bonds is 9. The first-order valence-corrected chi connectivity index (χ1v) is 13.9. The molecule has 0 bridgehead atoms. The van der Waals surface area contributed by atoms with Crippen LogP contribution in [0.5, 0.6) is 5.75 Å². The average Bonchev–Trinajstić information content (AvgIpc) is 3.28. The Kier molecular flexibility index (Phi) is 17.9. The predicted molar refractivity (Wildman–Crippen MR) is 164 cm³/mol. The van der Waals surface area contributed by atoms with E-state index in [0.717, 1.165) is 28.8 Å². The summed E-state index contributed by atoms with van der Waals surface area (Å²) >= 11 is 0. The minimum Gasteiger partial charge on any atom is -0.506 e. The van der Waals surface area contributed by atoms with Crippen LogP contribution < -0.4 is 11.1 Å². The number of aromatic nitrogens is 1. The summed E-state index contributed by atoms with van der Waals surface area (Å²) < 4.78 is 13.8. The van der Waals surface area contributed by atoms with Crippen LogP contribution in [0.4, 0.5) is 15.9 Å². The molecule has 1 atom stereocenters. The van der Waals surface area contributed by atoms with E-state index < -0.39 is 5.82 Å². The standard InChI is InChI=1S/C20H19FN4O.C8H18.2C2H6/c1-12(22)3-8-19-13(2)17(11-23-19)14-4-6-15(7-5-14)25-20-18(21)9-16(26)10-24-20;1-4-6-8(3)7-5-2;2*1-2/h3-11,13,26H,1,22H2,2H3,(H,24,25);8H,4-7H2,1-3H3;2*1-2H3/b8-3-;;;. The molecule has 210 valence electrons. The predicted octanol–water partition coefficient (Wildman–Crippen LogP) is 9.41. The van der Waals surface area contributed by atoms with Gasteiger partial charge in [-0.1, -0.05) is 99.8 Å². The van der Waals surface area contributed by atoms with E-state index in [1.807, 2.05) is 64.2 Å². The van der Waals surface area contributed by atoms with Crippen LogP contribution in [-0.2, 0) is 0 Å². The highest BCUT2D eigenvalue weighted by Crippen LogP contribution is 2.31. The number of halogens is 1. The van der Waals surface area contributed by atoms with Crippen LogP contribution in [-0.4, -0.2) is 15.8 Å². The van der Waals surface area contributed by atoms with Crippen LogP contribution in [0.25, 0.3) is 5.57 Å². The Balaban J connectivity index is 0.000000970. The molecular formula is C32H49FN4O. The number of hydrogen-bond donors (Lipinski definition) is 3. The largest absolute Gasteiger partial charge is 0.506 e. The zero-order valence-corrected chi connectivity index (χ0v) is 24.7. The molecule has 0 radical (unpaired) electrons. The van der Waals surface area contributed by atoms with Gasteiger partial charge in [0.2, 0.25) is 0 Å². The normalized spacial score (nSPS) is 13.8. The zero-order valence-electron chi connectivity index (χ0n) is 24.7.